The number of hydrogen-bond donors (Lipinski definition) is 5. The van der Waals surface area contributed by atoms with Crippen molar-refractivity contribution in [1.82, 2.24) is 0 Å². The second-order valence-corrected chi connectivity index (χ2v) is 7.25. The maximum Gasteiger partial charge on any atom is 0.337 e. The first-order chi connectivity index (χ1) is 12.8. The van der Waals surface area contributed by atoms with E-state index < -0.39 is 61.6 Å². The summed E-state index contributed by atoms with van der Waals surface area (Å²) >= 11 is 0. The standard InChI is InChI=1S/C17H26O10/c1-6-9(19)3-7-8(15(23)24-2)5-25-16(11(6)7)27-17-14(22)13(21)12(20)10(4-18)26-17/h5-7,9-14,16-22H,3-4H2,1-2H3/t6-,7+,9+,10+,11-,12+,13-,14+,16+,17-/m0/s1. The van der Waals surface area contributed by atoms with E-state index in [2.05, 4.69) is 0 Å². The van der Waals surface area contributed by atoms with Crippen LogP contribution in [0.1, 0.15) is 13.3 Å². The van der Waals surface area contributed by atoms with E-state index in [4.69, 9.17) is 18.9 Å². The monoisotopic (exact) mass is 390 g/mol. The summed E-state index contributed by atoms with van der Waals surface area (Å²) in [4.78, 5) is 12.0. The normalized spacial score (nSPS) is 47.0. The van der Waals surface area contributed by atoms with Crippen LogP contribution in [0, 0.1) is 17.8 Å². The van der Waals surface area contributed by atoms with Crippen molar-refractivity contribution < 1.29 is 49.3 Å². The molecule has 3 rings (SSSR count). The largest absolute Gasteiger partial charge is 0.472 e. The first-order valence-electron chi connectivity index (χ1n) is 8.88. The third-order valence-corrected chi connectivity index (χ3v) is 5.75. The molecular formula is C17H26O10. The molecule has 1 saturated carbocycles. The van der Waals surface area contributed by atoms with Crippen LogP contribution < -0.4 is 0 Å². The molecule has 2 fully saturated rings. The fourth-order valence-corrected chi connectivity index (χ4v) is 4.10. The van der Waals surface area contributed by atoms with Gasteiger partial charge in [-0.3, -0.25) is 0 Å². The van der Waals surface area contributed by atoms with Gasteiger partial charge in [0.2, 0.25) is 6.29 Å². The molecule has 0 aromatic heterocycles. The molecule has 154 valence electrons. The maximum atomic E-state index is 12.0. The van der Waals surface area contributed by atoms with Crippen LogP contribution in [-0.2, 0) is 23.7 Å². The Bertz CT molecular complexity index is 578. The molecule has 0 aromatic rings. The predicted molar refractivity (Wildman–Crippen MR) is 86.6 cm³/mol. The topological polar surface area (TPSA) is 155 Å². The molecule has 2 aliphatic heterocycles. The van der Waals surface area contributed by atoms with Crippen molar-refractivity contribution >= 4 is 5.97 Å². The van der Waals surface area contributed by atoms with Gasteiger partial charge in [0.1, 0.15) is 24.4 Å². The van der Waals surface area contributed by atoms with Crippen molar-refractivity contribution in [3.8, 4) is 0 Å². The molecule has 0 aromatic carbocycles. The first kappa shape index (κ1) is 20.5. The van der Waals surface area contributed by atoms with Gasteiger partial charge in [0, 0.05) is 11.8 Å². The van der Waals surface area contributed by atoms with Crippen molar-refractivity contribution in [2.75, 3.05) is 13.7 Å². The SMILES string of the molecule is COC(=O)C1=CO[C@H](O[C@@H]2O[C@H](CO)[C@@H](O)[C@H](O)[C@H]2O)[C@H]2[C@@H](C)[C@H](O)C[C@H]12. The van der Waals surface area contributed by atoms with E-state index in [1.165, 1.54) is 13.4 Å². The average molecular weight is 390 g/mol. The second kappa shape index (κ2) is 8.00. The van der Waals surface area contributed by atoms with E-state index in [-0.39, 0.29) is 11.8 Å². The first-order valence-corrected chi connectivity index (χ1v) is 8.88. The van der Waals surface area contributed by atoms with Crippen LogP contribution in [0.5, 0.6) is 0 Å². The zero-order valence-electron chi connectivity index (χ0n) is 15.0. The number of fused-ring (bicyclic) bond motifs is 1. The Kier molecular flexibility index (Phi) is 6.06. The van der Waals surface area contributed by atoms with Gasteiger partial charge in [0.15, 0.2) is 6.29 Å². The Morgan fingerprint density at radius 3 is 2.52 bits per heavy atom. The summed E-state index contributed by atoms with van der Waals surface area (Å²) in [5, 5.41) is 49.4. The van der Waals surface area contributed by atoms with Crippen LogP contribution in [-0.4, -0.2) is 88.3 Å². The molecular weight excluding hydrogens is 364 g/mol. The van der Waals surface area contributed by atoms with Gasteiger partial charge in [-0.1, -0.05) is 6.92 Å². The number of rotatable bonds is 4. The Labute approximate surface area is 155 Å². The maximum absolute atomic E-state index is 12.0. The van der Waals surface area contributed by atoms with E-state index in [0.29, 0.717) is 12.0 Å². The quantitative estimate of drug-likeness (QED) is 0.336. The summed E-state index contributed by atoms with van der Waals surface area (Å²) < 4.78 is 21.4. The fraction of sp³-hybridized carbons (Fsp3) is 0.824. The zero-order chi connectivity index (χ0) is 19.9. The van der Waals surface area contributed by atoms with Crippen molar-refractivity contribution in [2.24, 2.45) is 17.8 Å². The van der Waals surface area contributed by atoms with Gasteiger partial charge in [0.25, 0.3) is 0 Å². The number of carbonyl (C=O) groups is 1. The molecule has 1 saturated heterocycles. The van der Waals surface area contributed by atoms with Crippen molar-refractivity contribution in [2.45, 2.75) is 56.4 Å². The minimum atomic E-state index is -1.58. The Hall–Kier alpha value is -1.27. The van der Waals surface area contributed by atoms with E-state index in [1.807, 2.05) is 0 Å². The van der Waals surface area contributed by atoms with Crippen LogP contribution in [0.25, 0.3) is 0 Å². The third-order valence-electron chi connectivity index (χ3n) is 5.75. The van der Waals surface area contributed by atoms with Gasteiger partial charge < -0.3 is 44.5 Å². The van der Waals surface area contributed by atoms with Crippen LogP contribution in [0.2, 0.25) is 0 Å². The number of hydrogen-bond acceptors (Lipinski definition) is 10. The van der Waals surface area contributed by atoms with E-state index in [0.717, 1.165) is 0 Å². The van der Waals surface area contributed by atoms with Gasteiger partial charge in [0.05, 0.1) is 31.7 Å². The Morgan fingerprint density at radius 1 is 1.19 bits per heavy atom. The lowest BCUT2D eigenvalue weighted by molar-refractivity contribution is -0.342. The lowest BCUT2D eigenvalue weighted by atomic mass is 9.83. The number of esters is 1. The lowest BCUT2D eigenvalue weighted by Crippen LogP contribution is -2.60. The highest BCUT2D eigenvalue weighted by atomic mass is 16.8. The van der Waals surface area contributed by atoms with E-state index in [9.17, 15) is 30.3 Å². The summed E-state index contributed by atoms with van der Waals surface area (Å²) in [6.45, 7) is 1.21. The van der Waals surface area contributed by atoms with Crippen molar-refractivity contribution in [3.63, 3.8) is 0 Å². The zero-order valence-corrected chi connectivity index (χ0v) is 15.0. The molecule has 1 aliphatic carbocycles. The van der Waals surface area contributed by atoms with Crippen molar-refractivity contribution in [3.05, 3.63) is 11.8 Å². The minimum absolute atomic E-state index is 0.279. The second-order valence-electron chi connectivity index (χ2n) is 7.25. The molecule has 0 bridgehead atoms. The van der Waals surface area contributed by atoms with Crippen LogP contribution in [0.3, 0.4) is 0 Å². The van der Waals surface area contributed by atoms with Crippen molar-refractivity contribution in [1.29, 1.82) is 0 Å². The minimum Gasteiger partial charge on any atom is -0.472 e. The number of aliphatic hydroxyl groups excluding tert-OH is 5. The molecule has 10 heteroatoms. The molecule has 0 amide bonds. The van der Waals surface area contributed by atoms with E-state index >= 15 is 0 Å². The summed E-state index contributed by atoms with van der Waals surface area (Å²) in [5.41, 5.74) is 0.291. The van der Waals surface area contributed by atoms with Gasteiger partial charge in [-0.15, -0.1) is 0 Å². The average Bonchev–Trinajstić information content (AvgIpc) is 2.96. The summed E-state index contributed by atoms with van der Waals surface area (Å²) in [6, 6.07) is 0. The summed E-state index contributed by atoms with van der Waals surface area (Å²) in [7, 11) is 1.25. The Balaban J connectivity index is 1.80. The molecule has 10 nitrogen and oxygen atoms in total. The third kappa shape index (κ3) is 3.58. The highest BCUT2D eigenvalue weighted by Gasteiger charge is 2.53. The van der Waals surface area contributed by atoms with E-state index in [1.54, 1.807) is 6.92 Å². The van der Waals surface area contributed by atoms with Crippen LogP contribution in [0.15, 0.2) is 11.8 Å². The number of aliphatic hydroxyl groups is 5. The van der Waals surface area contributed by atoms with Crippen LogP contribution >= 0.6 is 0 Å². The molecule has 0 spiro atoms. The molecule has 3 aliphatic rings. The van der Waals surface area contributed by atoms with Gasteiger partial charge in [-0.2, -0.15) is 0 Å². The lowest BCUT2D eigenvalue weighted by Gasteiger charge is -2.43. The number of carbonyl (C=O) groups excluding carboxylic acids is 1. The molecule has 10 atom stereocenters. The van der Waals surface area contributed by atoms with Crippen LogP contribution in [0.4, 0.5) is 0 Å². The van der Waals surface area contributed by atoms with Gasteiger partial charge in [-0.25, -0.2) is 4.79 Å². The number of ether oxygens (including phenoxy) is 4. The summed E-state index contributed by atoms with van der Waals surface area (Å²) in [6.07, 6.45) is -7.25. The Morgan fingerprint density at radius 2 is 1.89 bits per heavy atom. The smallest absolute Gasteiger partial charge is 0.337 e. The van der Waals surface area contributed by atoms with Gasteiger partial charge >= 0.3 is 5.97 Å². The molecule has 0 unspecified atom stereocenters. The predicted octanol–water partition coefficient (Wildman–Crippen LogP) is -2.15. The highest BCUT2D eigenvalue weighted by molar-refractivity contribution is 5.89. The molecule has 0 radical (unpaired) electrons. The molecule has 2 heterocycles. The van der Waals surface area contributed by atoms with Gasteiger partial charge in [-0.05, 0) is 12.3 Å². The summed E-state index contributed by atoms with van der Waals surface area (Å²) in [5.74, 6) is -1.63. The highest BCUT2D eigenvalue weighted by Crippen LogP contribution is 2.47. The number of methoxy groups -OCH3 is 1. The fourth-order valence-electron chi connectivity index (χ4n) is 4.10. The molecule has 5 N–H and O–H groups in total. The molecule has 27 heavy (non-hydrogen) atoms.